The third kappa shape index (κ3) is 3.71. The van der Waals surface area contributed by atoms with Gasteiger partial charge in [-0.15, -0.1) is 0 Å². The van der Waals surface area contributed by atoms with Gasteiger partial charge in [-0.2, -0.15) is 0 Å². The number of aromatic nitrogens is 2. The first-order valence-electron chi connectivity index (χ1n) is 12.9. The summed E-state index contributed by atoms with van der Waals surface area (Å²) in [7, 11) is 0. The molecule has 0 radical (unpaired) electrons. The Kier molecular flexibility index (Phi) is 5.17. The van der Waals surface area contributed by atoms with Crippen LogP contribution < -0.4 is 5.32 Å². The van der Waals surface area contributed by atoms with Crippen LogP contribution in [0.4, 0.5) is 11.5 Å². The fourth-order valence-corrected chi connectivity index (χ4v) is 7.15. The van der Waals surface area contributed by atoms with Crippen molar-refractivity contribution in [2.24, 2.45) is 11.3 Å². The van der Waals surface area contributed by atoms with E-state index in [2.05, 4.69) is 70.7 Å². The van der Waals surface area contributed by atoms with Gasteiger partial charge in [0.15, 0.2) is 11.6 Å². The minimum absolute atomic E-state index is 0.0308. The predicted molar refractivity (Wildman–Crippen MR) is 140 cm³/mol. The highest BCUT2D eigenvalue weighted by atomic mass is 16.1. The molecule has 3 aliphatic carbocycles. The van der Waals surface area contributed by atoms with Crippen molar-refractivity contribution < 1.29 is 4.79 Å². The number of hydrogen-bond acceptors (Lipinski definition) is 4. The average Bonchev–Trinajstić information content (AvgIpc) is 3.15. The fourth-order valence-electron chi connectivity index (χ4n) is 7.15. The molecule has 2 aromatic carbocycles. The number of rotatable bonds is 4. The van der Waals surface area contributed by atoms with Crippen LogP contribution in [0.1, 0.15) is 60.7 Å². The van der Waals surface area contributed by atoms with E-state index in [-0.39, 0.29) is 10.8 Å². The number of fused-ring (bicyclic) bond motifs is 5. The molecule has 0 aliphatic heterocycles. The average molecular weight is 464 g/mol. The Morgan fingerprint density at radius 3 is 2.71 bits per heavy atom. The van der Waals surface area contributed by atoms with Gasteiger partial charge in [-0.25, -0.2) is 4.98 Å². The summed E-state index contributed by atoms with van der Waals surface area (Å²) in [6.07, 6.45) is 9.86. The van der Waals surface area contributed by atoms with Crippen LogP contribution in [-0.2, 0) is 23.1 Å². The van der Waals surface area contributed by atoms with Gasteiger partial charge in [-0.1, -0.05) is 48.9 Å². The van der Waals surface area contributed by atoms with Crippen LogP contribution in [-0.4, -0.2) is 15.8 Å². The Bertz CT molecular complexity index is 1340. The number of ketones is 1. The van der Waals surface area contributed by atoms with Crippen LogP contribution >= 0.6 is 0 Å². The summed E-state index contributed by atoms with van der Waals surface area (Å²) in [4.78, 5) is 21.7. The molecule has 3 aromatic rings. The fraction of sp³-hybridized carbons (Fsp3) is 0.387. The molecule has 1 saturated carbocycles. The second-order valence-corrected chi connectivity index (χ2v) is 11.2. The lowest BCUT2D eigenvalue weighted by Gasteiger charge is -2.54. The third-order valence-corrected chi connectivity index (χ3v) is 8.78. The summed E-state index contributed by atoms with van der Waals surface area (Å²) >= 11 is 0. The van der Waals surface area contributed by atoms with Crippen LogP contribution in [0.5, 0.6) is 0 Å². The molecular weight excluding hydrogens is 430 g/mol. The van der Waals surface area contributed by atoms with Crippen LogP contribution in [0, 0.1) is 25.2 Å². The smallest absolute Gasteiger partial charge is 0.156 e. The van der Waals surface area contributed by atoms with Crippen molar-refractivity contribution >= 4 is 17.3 Å². The number of carbonyl (C=O) groups excluding carboxylic acids is 1. The van der Waals surface area contributed by atoms with Crippen molar-refractivity contribution in [3.8, 4) is 0 Å². The Labute approximate surface area is 207 Å². The van der Waals surface area contributed by atoms with E-state index in [0.29, 0.717) is 18.1 Å². The monoisotopic (exact) mass is 463 g/mol. The molecule has 4 nitrogen and oxygen atoms in total. The highest BCUT2D eigenvalue weighted by Crippen LogP contribution is 2.61. The lowest BCUT2D eigenvalue weighted by atomic mass is 9.49. The molecule has 0 spiro atoms. The van der Waals surface area contributed by atoms with Gasteiger partial charge in [-0.3, -0.25) is 9.78 Å². The number of hydrogen-bond donors (Lipinski definition) is 1. The molecule has 0 bridgehead atoms. The molecule has 178 valence electrons. The highest BCUT2D eigenvalue weighted by molar-refractivity contribution is 5.94. The van der Waals surface area contributed by atoms with E-state index >= 15 is 0 Å². The number of nitrogens with zero attached hydrogens (tertiary/aromatic N) is 2. The number of aryl methyl sites for hydroxylation is 3. The highest BCUT2D eigenvalue weighted by Gasteiger charge is 2.55. The first-order valence-corrected chi connectivity index (χ1v) is 12.9. The zero-order valence-corrected chi connectivity index (χ0v) is 20.9. The molecule has 3 aliphatic rings. The molecule has 4 heteroatoms. The van der Waals surface area contributed by atoms with Crippen LogP contribution in [0.25, 0.3) is 0 Å². The quantitative estimate of drug-likeness (QED) is 0.475. The summed E-state index contributed by atoms with van der Waals surface area (Å²) in [5, 5.41) is 3.50. The molecule has 6 rings (SSSR count). The van der Waals surface area contributed by atoms with E-state index in [0.717, 1.165) is 55.0 Å². The van der Waals surface area contributed by atoms with Gasteiger partial charge in [0.05, 0.1) is 17.6 Å². The molecule has 1 fully saturated rings. The second kappa shape index (κ2) is 8.15. The predicted octanol–water partition coefficient (Wildman–Crippen LogP) is 6.58. The zero-order valence-electron chi connectivity index (χ0n) is 20.9. The summed E-state index contributed by atoms with van der Waals surface area (Å²) < 4.78 is 0. The summed E-state index contributed by atoms with van der Waals surface area (Å²) in [5.41, 5.74) is 8.67. The normalized spacial score (nSPS) is 27.0. The first-order chi connectivity index (χ1) is 16.9. The third-order valence-electron chi connectivity index (χ3n) is 8.78. The molecule has 3 atom stereocenters. The largest absolute Gasteiger partial charge is 0.339 e. The van der Waals surface area contributed by atoms with Gasteiger partial charge in [0.2, 0.25) is 0 Å². The molecular formula is C31H33N3O. The standard InChI is InChI=1S/C31H33N3O/c1-20-19-32-29(21(2)33-20)34-24-10-12-26-23(15-24)9-11-27-28-16-25(35)18-30(28,3)13-14-31(26,27)17-22-7-5-4-6-8-22/h4-8,10,12,15-16,19,27H,9,11,13-14,17-18H2,1-3H3,(H,32,34)/t27-,30+,31-/m1/s1. The Morgan fingerprint density at radius 1 is 1.09 bits per heavy atom. The SMILES string of the molecule is Cc1cnc(Nc2ccc3c(c2)CC[C@@H]2C4=CC(=O)C[C@]4(C)CC[C@@]32Cc2ccccc2)c(C)n1. The number of anilines is 2. The van der Waals surface area contributed by atoms with Gasteiger partial charge >= 0.3 is 0 Å². The van der Waals surface area contributed by atoms with Crippen molar-refractivity contribution in [2.45, 2.75) is 64.7 Å². The van der Waals surface area contributed by atoms with Gasteiger partial charge in [0.1, 0.15) is 0 Å². The van der Waals surface area contributed by atoms with E-state index in [1.165, 1.54) is 22.3 Å². The molecule has 35 heavy (non-hydrogen) atoms. The Balaban J connectivity index is 1.42. The van der Waals surface area contributed by atoms with Crippen molar-refractivity contribution in [3.05, 3.63) is 94.5 Å². The second-order valence-electron chi connectivity index (χ2n) is 11.2. The number of nitrogens with one attached hydrogen (secondary N) is 1. The molecule has 1 heterocycles. The first kappa shape index (κ1) is 22.2. The van der Waals surface area contributed by atoms with Gasteiger partial charge in [0.25, 0.3) is 0 Å². The molecule has 0 saturated heterocycles. The van der Waals surface area contributed by atoms with Crippen LogP contribution in [0.2, 0.25) is 0 Å². The lowest BCUT2D eigenvalue weighted by Crippen LogP contribution is -2.48. The van der Waals surface area contributed by atoms with Crippen molar-refractivity contribution in [1.82, 2.24) is 9.97 Å². The van der Waals surface area contributed by atoms with Gasteiger partial charge < -0.3 is 5.32 Å². The Hall–Kier alpha value is -3.27. The lowest BCUT2D eigenvalue weighted by molar-refractivity contribution is -0.115. The van der Waals surface area contributed by atoms with Gasteiger partial charge in [-0.05, 0) is 92.2 Å². The van der Waals surface area contributed by atoms with E-state index in [1.807, 2.05) is 26.1 Å². The Morgan fingerprint density at radius 2 is 1.91 bits per heavy atom. The molecule has 1 aromatic heterocycles. The topological polar surface area (TPSA) is 54.9 Å². The summed E-state index contributed by atoms with van der Waals surface area (Å²) in [6.45, 7) is 6.28. The number of benzene rings is 2. The minimum atomic E-state index is 0.0308. The van der Waals surface area contributed by atoms with E-state index < -0.39 is 0 Å². The maximum absolute atomic E-state index is 12.6. The van der Waals surface area contributed by atoms with Crippen molar-refractivity contribution in [3.63, 3.8) is 0 Å². The maximum Gasteiger partial charge on any atom is 0.156 e. The molecule has 0 amide bonds. The summed E-state index contributed by atoms with van der Waals surface area (Å²) in [5.74, 6) is 1.55. The van der Waals surface area contributed by atoms with Crippen LogP contribution in [0.15, 0.2) is 66.4 Å². The van der Waals surface area contributed by atoms with E-state index in [4.69, 9.17) is 0 Å². The summed E-state index contributed by atoms with van der Waals surface area (Å²) in [6, 6.07) is 17.8. The maximum atomic E-state index is 12.6. The molecule has 0 unspecified atom stereocenters. The number of allylic oxidation sites excluding steroid dienone is 2. The number of carbonyl (C=O) groups is 1. The minimum Gasteiger partial charge on any atom is -0.339 e. The zero-order chi connectivity index (χ0) is 24.2. The van der Waals surface area contributed by atoms with E-state index in [9.17, 15) is 4.79 Å². The van der Waals surface area contributed by atoms with E-state index in [1.54, 1.807) is 0 Å². The van der Waals surface area contributed by atoms with Gasteiger partial charge in [0, 0.05) is 17.5 Å². The van der Waals surface area contributed by atoms with Crippen molar-refractivity contribution in [2.75, 3.05) is 5.32 Å². The molecule has 1 N–H and O–H groups in total. The van der Waals surface area contributed by atoms with Crippen molar-refractivity contribution in [1.29, 1.82) is 0 Å². The van der Waals surface area contributed by atoms with Crippen LogP contribution in [0.3, 0.4) is 0 Å².